The van der Waals surface area contributed by atoms with E-state index in [0.717, 1.165) is 11.4 Å². The van der Waals surface area contributed by atoms with Crippen LogP contribution in [-0.4, -0.2) is 49.0 Å². The van der Waals surface area contributed by atoms with Crippen LogP contribution in [0.5, 0.6) is 0 Å². The number of hydrogen-bond acceptors (Lipinski definition) is 5. The van der Waals surface area contributed by atoms with Crippen molar-refractivity contribution < 1.29 is 13.2 Å². The predicted octanol–water partition coefficient (Wildman–Crippen LogP) is 0.902. The number of piperazine rings is 1. The molecule has 3 rings (SSSR count). The number of nitrogens with one attached hydrogen (secondary N) is 1. The molecule has 1 aliphatic rings. The third kappa shape index (κ3) is 3.23. The third-order valence-electron chi connectivity index (χ3n) is 4.19. The Kier molecular flexibility index (Phi) is 5.00. The number of rotatable bonds is 5. The van der Waals surface area contributed by atoms with Crippen LogP contribution in [0.1, 0.15) is 17.4 Å². The first kappa shape index (κ1) is 17.1. The molecule has 2 heterocycles. The van der Waals surface area contributed by atoms with Gasteiger partial charge < -0.3 is 14.6 Å². The Morgan fingerprint density at radius 3 is 2.71 bits per heavy atom. The van der Waals surface area contributed by atoms with Crippen molar-refractivity contribution in [3.05, 3.63) is 48.0 Å². The van der Waals surface area contributed by atoms with E-state index in [9.17, 15) is 8.42 Å². The van der Waals surface area contributed by atoms with E-state index >= 15 is 0 Å². The first-order valence-corrected chi connectivity index (χ1v) is 9.25. The molecule has 1 fully saturated rings. The zero-order chi connectivity index (χ0) is 17.2. The highest BCUT2D eigenvalue weighted by atomic mass is 32.2. The van der Waals surface area contributed by atoms with Crippen molar-refractivity contribution in [3.63, 3.8) is 0 Å². The molecule has 1 atom stereocenters. The Morgan fingerprint density at radius 1 is 1.33 bits per heavy atom. The maximum absolute atomic E-state index is 13.1. The summed E-state index contributed by atoms with van der Waals surface area (Å²) in [4.78, 5) is 4.63. The molecule has 0 radical (unpaired) electrons. The molecule has 1 unspecified atom stereocenters. The second-order valence-corrected chi connectivity index (χ2v) is 7.70. The smallest absolute Gasteiger partial charge is 0.243 e. The van der Waals surface area contributed by atoms with Gasteiger partial charge in [0.05, 0.1) is 17.5 Å². The van der Waals surface area contributed by atoms with E-state index in [1.165, 1.54) is 4.31 Å². The van der Waals surface area contributed by atoms with Crippen molar-refractivity contribution in [2.24, 2.45) is 7.05 Å². The normalized spacial score (nSPS) is 19.5. The second kappa shape index (κ2) is 7.02. The Bertz CT molecular complexity index is 786. The third-order valence-corrected chi connectivity index (χ3v) is 6.11. The highest BCUT2D eigenvalue weighted by Gasteiger charge is 2.36. The van der Waals surface area contributed by atoms with Gasteiger partial charge in [0.15, 0.2) is 0 Å². The van der Waals surface area contributed by atoms with E-state index < -0.39 is 10.0 Å². The summed E-state index contributed by atoms with van der Waals surface area (Å²) in [6.07, 6.45) is 3.52. The summed E-state index contributed by atoms with van der Waals surface area (Å²) in [7, 11) is -0.0963. The van der Waals surface area contributed by atoms with Crippen LogP contribution in [0.25, 0.3) is 0 Å². The zero-order valence-corrected chi connectivity index (χ0v) is 14.7. The van der Waals surface area contributed by atoms with E-state index in [0.29, 0.717) is 31.1 Å². The molecule has 0 bridgehead atoms. The van der Waals surface area contributed by atoms with Crippen LogP contribution in [0, 0.1) is 0 Å². The fraction of sp³-hybridized carbons (Fsp3) is 0.438. The van der Waals surface area contributed by atoms with Crippen LogP contribution in [-0.2, 0) is 28.4 Å². The molecule has 0 aliphatic carbocycles. The Balaban J connectivity index is 1.92. The van der Waals surface area contributed by atoms with E-state index in [1.54, 1.807) is 37.6 Å². The van der Waals surface area contributed by atoms with Gasteiger partial charge in [-0.25, -0.2) is 13.4 Å². The molecule has 1 aromatic carbocycles. The summed E-state index contributed by atoms with van der Waals surface area (Å²) in [5, 5.41) is 3.25. The number of aromatic nitrogens is 2. The predicted molar refractivity (Wildman–Crippen MR) is 89.9 cm³/mol. The zero-order valence-electron chi connectivity index (χ0n) is 13.8. The molecule has 1 aliphatic heterocycles. The summed E-state index contributed by atoms with van der Waals surface area (Å²) in [6, 6.07) is 6.54. The molecule has 7 nitrogen and oxygen atoms in total. The van der Waals surface area contributed by atoms with Gasteiger partial charge in [-0.3, -0.25) is 0 Å². The van der Waals surface area contributed by atoms with Crippen LogP contribution in [0.2, 0.25) is 0 Å². The molecule has 8 heteroatoms. The van der Waals surface area contributed by atoms with Crippen LogP contribution >= 0.6 is 0 Å². The van der Waals surface area contributed by atoms with Crippen molar-refractivity contribution in [1.29, 1.82) is 0 Å². The van der Waals surface area contributed by atoms with E-state index in [1.807, 2.05) is 17.8 Å². The van der Waals surface area contributed by atoms with Gasteiger partial charge in [0.1, 0.15) is 5.82 Å². The molecule has 2 aromatic rings. The van der Waals surface area contributed by atoms with Gasteiger partial charge in [0, 0.05) is 46.2 Å². The fourth-order valence-electron chi connectivity index (χ4n) is 2.95. The average molecular weight is 350 g/mol. The Labute approximate surface area is 142 Å². The highest BCUT2D eigenvalue weighted by molar-refractivity contribution is 7.89. The summed E-state index contributed by atoms with van der Waals surface area (Å²) in [5.41, 5.74) is 0.942. The summed E-state index contributed by atoms with van der Waals surface area (Å²) in [5.74, 6) is 0.738. The second-order valence-electron chi connectivity index (χ2n) is 5.81. The van der Waals surface area contributed by atoms with Crippen LogP contribution in [0.4, 0.5) is 0 Å². The lowest BCUT2D eigenvalue weighted by atomic mass is 10.2. The van der Waals surface area contributed by atoms with Crippen molar-refractivity contribution in [1.82, 2.24) is 19.2 Å². The van der Waals surface area contributed by atoms with Crippen LogP contribution in [0.3, 0.4) is 0 Å². The minimum atomic E-state index is -3.59. The SMILES string of the molecule is COCc1ccc(S(=O)(=O)N2CCNCC2c2nccn2C)cc1. The monoisotopic (exact) mass is 350 g/mol. The number of sulfonamides is 1. The molecular formula is C16H22N4O3S. The van der Waals surface area contributed by atoms with E-state index in [4.69, 9.17) is 4.74 Å². The topological polar surface area (TPSA) is 76.5 Å². The molecule has 0 amide bonds. The molecule has 130 valence electrons. The van der Waals surface area contributed by atoms with Gasteiger partial charge in [-0.2, -0.15) is 4.31 Å². The number of hydrogen-bond donors (Lipinski definition) is 1. The summed E-state index contributed by atoms with van der Waals surface area (Å²) in [6.45, 7) is 2.05. The van der Waals surface area contributed by atoms with Gasteiger partial charge in [-0.15, -0.1) is 0 Å². The molecule has 0 saturated carbocycles. The lowest BCUT2D eigenvalue weighted by molar-refractivity contribution is 0.185. The Morgan fingerprint density at radius 2 is 2.08 bits per heavy atom. The standard InChI is InChI=1S/C16H22N4O3S/c1-19-9-8-18-16(19)15-11-17-7-10-20(15)24(21,22)14-5-3-13(4-6-14)12-23-2/h3-6,8-9,15,17H,7,10-12H2,1-2H3. The quantitative estimate of drug-likeness (QED) is 0.867. The fourth-order valence-corrected chi connectivity index (χ4v) is 4.54. The molecular weight excluding hydrogens is 328 g/mol. The lowest BCUT2D eigenvalue weighted by Crippen LogP contribution is -2.49. The van der Waals surface area contributed by atoms with Gasteiger partial charge in [0.2, 0.25) is 10.0 Å². The maximum atomic E-state index is 13.1. The Hall–Kier alpha value is -1.74. The number of methoxy groups -OCH3 is 1. The molecule has 1 aromatic heterocycles. The summed E-state index contributed by atoms with van der Waals surface area (Å²) >= 11 is 0. The number of aryl methyl sites for hydroxylation is 1. The number of imidazole rings is 1. The maximum Gasteiger partial charge on any atom is 0.243 e. The molecule has 1 saturated heterocycles. The van der Waals surface area contributed by atoms with Gasteiger partial charge in [-0.05, 0) is 17.7 Å². The molecule has 24 heavy (non-hydrogen) atoms. The van der Waals surface area contributed by atoms with Crippen LogP contribution < -0.4 is 5.32 Å². The van der Waals surface area contributed by atoms with E-state index in [2.05, 4.69) is 10.3 Å². The van der Waals surface area contributed by atoms with E-state index in [-0.39, 0.29) is 6.04 Å². The molecule has 0 spiro atoms. The van der Waals surface area contributed by atoms with Gasteiger partial charge in [0.25, 0.3) is 0 Å². The molecule has 1 N–H and O–H groups in total. The van der Waals surface area contributed by atoms with Crippen molar-refractivity contribution in [2.75, 3.05) is 26.7 Å². The first-order valence-electron chi connectivity index (χ1n) is 7.81. The minimum absolute atomic E-state index is 0.295. The minimum Gasteiger partial charge on any atom is -0.380 e. The van der Waals surface area contributed by atoms with Crippen molar-refractivity contribution >= 4 is 10.0 Å². The average Bonchev–Trinajstić information content (AvgIpc) is 3.01. The van der Waals surface area contributed by atoms with Gasteiger partial charge >= 0.3 is 0 Å². The number of ether oxygens (including phenoxy) is 1. The highest BCUT2D eigenvalue weighted by Crippen LogP contribution is 2.28. The van der Waals surface area contributed by atoms with Crippen LogP contribution in [0.15, 0.2) is 41.6 Å². The number of benzene rings is 1. The van der Waals surface area contributed by atoms with Crippen molar-refractivity contribution in [3.8, 4) is 0 Å². The summed E-state index contributed by atoms with van der Waals surface area (Å²) < 4.78 is 34.7. The number of nitrogens with zero attached hydrogens (tertiary/aromatic N) is 3. The largest absolute Gasteiger partial charge is 0.380 e. The van der Waals surface area contributed by atoms with Gasteiger partial charge in [-0.1, -0.05) is 12.1 Å². The first-order chi connectivity index (χ1) is 11.5. The van der Waals surface area contributed by atoms with Crippen molar-refractivity contribution in [2.45, 2.75) is 17.5 Å². The lowest BCUT2D eigenvalue weighted by Gasteiger charge is -2.34.